The van der Waals surface area contributed by atoms with E-state index in [1.807, 2.05) is 6.92 Å². The summed E-state index contributed by atoms with van der Waals surface area (Å²) in [4.78, 5) is 13.3. The van der Waals surface area contributed by atoms with Crippen molar-refractivity contribution < 1.29 is 26.4 Å². The molecule has 2 rings (SSSR count). The number of benzene rings is 2. The van der Waals surface area contributed by atoms with E-state index in [1.54, 1.807) is 31.2 Å². The lowest BCUT2D eigenvalue weighted by atomic mass is 10.1. The van der Waals surface area contributed by atoms with Crippen LogP contribution in [0.2, 0.25) is 0 Å². The molecule has 0 spiro atoms. The summed E-state index contributed by atoms with van der Waals surface area (Å²) in [6, 6.07) is 10.7. The predicted molar refractivity (Wildman–Crippen MR) is 101 cm³/mol. The Morgan fingerprint density at radius 1 is 1.07 bits per heavy atom. The summed E-state index contributed by atoms with van der Waals surface area (Å²) in [6.45, 7) is 2.94. The molecule has 1 amide bonds. The van der Waals surface area contributed by atoms with Gasteiger partial charge in [0.2, 0.25) is 0 Å². The molecule has 0 aromatic heterocycles. The molecule has 0 aliphatic carbocycles. The minimum atomic E-state index is -4.38. The van der Waals surface area contributed by atoms with Gasteiger partial charge < -0.3 is 4.90 Å². The zero-order chi connectivity index (χ0) is 21.1. The minimum absolute atomic E-state index is 0.0384. The van der Waals surface area contributed by atoms with Crippen molar-refractivity contribution in [3.05, 3.63) is 59.2 Å². The van der Waals surface area contributed by atoms with Crippen LogP contribution < -0.4 is 4.72 Å². The first-order valence-electron chi connectivity index (χ1n) is 8.41. The zero-order valence-corrected chi connectivity index (χ0v) is 16.5. The molecule has 0 atom stereocenters. The summed E-state index contributed by atoms with van der Waals surface area (Å²) in [5.41, 5.74) is 1.84. The molecule has 0 saturated heterocycles. The average molecular weight is 414 g/mol. The van der Waals surface area contributed by atoms with E-state index in [1.165, 1.54) is 25.2 Å². The molecule has 0 unspecified atom stereocenters. The zero-order valence-electron chi connectivity index (χ0n) is 15.7. The normalized spacial score (nSPS) is 11.9. The van der Waals surface area contributed by atoms with Gasteiger partial charge in [0.1, 0.15) is 0 Å². The number of alkyl halides is 3. The summed E-state index contributed by atoms with van der Waals surface area (Å²) in [5.74, 6) is -0.672. The third-order valence-electron chi connectivity index (χ3n) is 4.13. The highest BCUT2D eigenvalue weighted by molar-refractivity contribution is 7.92. The fourth-order valence-corrected chi connectivity index (χ4v) is 3.52. The highest BCUT2D eigenvalue weighted by Gasteiger charge is 2.28. The monoisotopic (exact) mass is 414 g/mol. The number of carbonyl (C=O) groups excluding carboxylic acids is 1. The molecule has 0 radical (unpaired) electrons. The Balaban J connectivity index is 2.26. The number of aryl methyl sites for hydroxylation is 2. The van der Waals surface area contributed by atoms with Gasteiger partial charge in [-0.1, -0.05) is 23.8 Å². The maximum Gasteiger partial charge on any atom is 0.390 e. The molecule has 2 aromatic carbocycles. The van der Waals surface area contributed by atoms with Gasteiger partial charge in [0.25, 0.3) is 15.9 Å². The van der Waals surface area contributed by atoms with Crippen LogP contribution in [0.25, 0.3) is 0 Å². The van der Waals surface area contributed by atoms with Crippen molar-refractivity contribution in [2.45, 2.75) is 31.3 Å². The van der Waals surface area contributed by atoms with Crippen molar-refractivity contribution in [1.29, 1.82) is 0 Å². The Kier molecular flexibility index (Phi) is 6.38. The molecule has 0 fully saturated rings. The van der Waals surface area contributed by atoms with Crippen LogP contribution in [0.3, 0.4) is 0 Å². The van der Waals surface area contributed by atoms with Crippen molar-refractivity contribution in [1.82, 2.24) is 4.90 Å². The van der Waals surface area contributed by atoms with Crippen molar-refractivity contribution in [2.24, 2.45) is 0 Å². The van der Waals surface area contributed by atoms with Gasteiger partial charge in [-0.3, -0.25) is 9.52 Å². The largest absolute Gasteiger partial charge is 0.390 e. The quantitative estimate of drug-likeness (QED) is 0.773. The lowest BCUT2D eigenvalue weighted by Crippen LogP contribution is -2.31. The van der Waals surface area contributed by atoms with Crippen molar-refractivity contribution >= 4 is 21.6 Å². The summed E-state index contributed by atoms with van der Waals surface area (Å²) in [5, 5.41) is 0. The van der Waals surface area contributed by atoms with Gasteiger partial charge in [0, 0.05) is 24.8 Å². The van der Waals surface area contributed by atoms with Crippen LogP contribution in [0.4, 0.5) is 18.9 Å². The Morgan fingerprint density at radius 2 is 1.68 bits per heavy atom. The second kappa shape index (κ2) is 8.22. The van der Waals surface area contributed by atoms with Gasteiger partial charge in [-0.15, -0.1) is 0 Å². The van der Waals surface area contributed by atoms with Gasteiger partial charge in [-0.2, -0.15) is 13.2 Å². The molecular formula is C19H21F3N2O3S. The number of halogens is 3. The maximum absolute atomic E-state index is 12.6. The summed E-state index contributed by atoms with van der Waals surface area (Å²) in [7, 11) is -2.71. The van der Waals surface area contributed by atoms with Gasteiger partial charge >= 0.3 is 6.18 Å². The summed E-state index contributed by atoms with van der Waals surface area (Å²) < 4.78 is 64.8. The molecule has 2 aromatic rings. The number of nitrogens with one attached hydrogen (secondary N) is 1. The van der Waals surface area contributed by atoms with Crippen molar-refractivity contribution in [3.63, 3.8) is 0 Å². The van der Waals surface area contributed by atoms with Crippen molar-refractivity contribution in [3.8, 4) is 0 Å². The van der Waals surface area contributed by atoms with E-state index in [0.29, 0.717) is 11.3 Å². The lowest BCUT2D eigenvalue weighted by molar-refractivity contribution is -0.136. The third-order valence-corrected chi connectivity index (χ3v) is 5.51. The average Bonchev–Trinajstić information content (AvgIpc) is 2.60. The third kappa shape index (κ3) is 5.72. The van der Waals surface area contributed by atoms with Gasteiger partial charge in [-0.05, 0) is 43.7 Å². The first kappa shape index (κ1) is 21.7. The Morgan fingerprint density at radius 3 is 2.25 bits per heavy atom. The first-order valence-corrected chi connectivity index (χ1v) is 9.90. The Hall–Kier alpha value is -2.55. The number of hydrogen-bond acceptors (Lipinski definition) is 3. The highest BCUT2D eigenvalue weighted by atomic mass is 32.2. The van der Waals surface area contributed by atoms with E-state index in [9.17, 15) is 26.4 Å². The smallest absolute Gasteiger partial charge is 0.341 e. The van der Waals surface area contributed by atoms with Crippen molar-refractivity contribution in [2.75, 3.05) is 18.3 Å². The molecule has 0 saturated carbocycles. The Labute approximate surface area is 162 Å². The van der Waals surface area contributed by atoms with Crippen LogP contribution in [0, 0.1) is 13.8 Å². The number of hydrogen-bond donors (Lipinski definition) is 1. The molecule has 5 nitrogen and oxygen atoms in total. The van der Waals surface area contributed by atoms with Gasteiger partial charge in [-0.25, -0.2) is 8.42 Å². The molecule has 152 valence electrons. The molecule has 1 N–H and O–H groups in total. The van der Waals surface area contributed by atoms with Crippen LogP contribution in [0.5, 0.6) is 0 Å². The SMILES string of the molecule is Cc1ccc(NS(=O)(=O)c2ccc(C)c(C(=O)N(C)CCC(F)(F)F)c2)cc1. The molecule has 0 aliphatic rings. The van der Waals surface area contributed by atoms with E-state index in [4.69, 9.17) is 0 Å². The second-order valence-electron chi connectivity index (χ2n) is 6.54. The van der Waals surface area contributed by atoms with E-state index >= 15 is 0 Å². The van der Waals surface area contributed by atoms with E-state index in [2.05, 4.69) is 4.72 Å². The maximum atomic E-state index is 12.6. The number of sulfonamides is 1. The topological polar surface area (TPSA) is 66.5 Å². The van der Waals surface area contributed by atoms with Crippen LogP contribution in [-0.2, 0) is 10.0 Å². The number of carbonyl (C=O) groups is 1. The molecule has 9 heteroatoms. The summed E-state index contributed by atoms with van der Waals surface area (Å²) >= 11 is 0. The fraction of sp³-hybridized carbons (Fsp3) is 0.316. The van der Waals surface area contributed by atoms with Gasteiger partial charge in [0.05, 0.1) is 11.3 Å². The first-order chi connectivity index (χ1) is 12.9. The standard InChI is InChI=1S/C19H21F3N2O3S/c1-13-4-7-15(8-5-13)23-28(26,27)16-9-6-14(2)17(12-16)18(25)24(3)11-10-19(20,21)22/h4-9,12,23H,10-11H2,1-3H3. The molecule has 28 heavy (non-hydrogen) atoms. The number of nitrogens with zero attached hydrogens (tertiary/aromatic N) is 1. The number of anilines is 1. The van der Waals surface area contributed by atoms with E-state index < -0.39 is 35.1 Å². The Bertz CT molecular complexity index is 955. The minimum Gasteiger partial charge on any atom is -0.341 e. The van der Waals surface area contributed by atoms with Crippen LogP contribution in [-0.4, -0.2) is 39.0 Å². The molecule has 0 aliphatic heterocycles. The fourth-order valence-electron chi connectivity index (χ4n) is 2.44. The highest BCUT2D eigenvalue weighted by Crippen LogP contribution is 2.22. The summed E-state index contributed by atoms with van der Waals surface area (Å²) in [6.07, 6.45) is -5.52. The predicted octanol–water partition coefficient (Wildman–Crippen LogP) is 4.13. The van der Waals surface area contributed by atoms with Crippen LogP contribution >= 0.6 is 0 Å². The molecule has 0 heterocycles. The van der Waals surface area contributed by atoms with Gasteiger partial charge in [0.15, 0.2) is 0 Å². The van der Waals surface area contributed by atoms with E-state index in [-0.39, 0.29) is 10.5 Å². The van der Waals surface area contributed by atoms with Crippen LogP contribution in [0.15, 0.2) is 47.4 Å². The second-order valence-corrected chi connectivity index (χ2v) is 8.22. The lowest BCUT2D eigenvalue weighted by Gasteiger charge is -2.20. The number of rotatable bonds is 6. The molecular weight excluding hydrogens is 393 g/mol. The van der Waals surface area contributed by atoms with E-state index in [0.717, 1.165) is 10.5 Å². The van der Waals surface area contributed by atoms with Crippen LogP contribution in [0.1, 0.15) is 27.9 Å². The molecule has 0 bridgehead atoms. The number of amides is 1.